The van der Waals surface area contributed by atoms with Crippen LogP contribution in [0.15, 0.2) is 48.8 Å². The molecule has 2 N–H and O–H groups in total. The summed E-state index contributed by atoms with van der Waals surface area (Å²) < 4.78 is 5.12. The predicted molar refractivity (Wildman–Crippen MR) is 103 cm³/mol. The number of carbonyl (C=O) groups excluding carboxylic acids is 2. The molecule has 27 heavy (non-hydrogen) atoms. The largest absolute Gasteiger partial charge is 0.497 e. The fourth-order valence-corrected chi connectivity index (χ4v) is 3.37. The summed E-state index contributed by atoms with van der Waals surface area (Å²) in [5, 5.41) is 5.92. The highest BCUT2D eigenvalue weighted by Crippen LogP contribution is 2.30. The van der Waals surface area contributed by atoms with Crippen molar-refractivity contribution in [1.29, 1.82) is 0 Å². The van der Waals surface area contributed by atoms with Gasteiger partial charge in [0.15, 0.2) is 0 Å². The minimum atomic E-state index is -0.0468. The zero-order valence-electron chi connectivity index (χ0n) is 15.5. The number of amides is 2. The standard InChI is InChI=1S/C21H25N3O3/c1-27-19-10-8-18(9-11-19)24-21(26)17-6-4-16(5-7-17)20(25)23-14-15-3-2-12-22-13-15/h2-3,8-13,16-17H,4-7,14H2,1H3,(H,23,25)(H,24,26). The maximum Gasteiger partial charge on any atom is 0.227 e. The van der Waals surface area contributed by atoms with Crippen LogP contribution in [0.2, 0.25) is 0 Å². The number of ether oxygens (including phenoxy) is 1. The first-order chi connectivity index (χ1) is 13.2. The fourth-order valence-electron chi connectivity index (χ4n) is 3.37. The third-order valence-corrected chi connectivity index (χ3v) is 5.02. The molecule has 0 atom stereocenters. The number of aromatic nitrogens is 1. The molecule has 3 rings (SSSR count). The SMILES string of the molecule is COc1ccc(NC(=O)C2CCC(C(=O)NCc3cccnc3)CC2)cc1. The Morgan fingerprint density at radius 1 is 1.04 bits per heavy atom. The Balaban J connectivity index is 1.43. The van der Waals surface area contributed by atoms with Gasteiger partial charge in [-0.15, -0.1) is 0 Å². The van der Waals surface area contributed by atoms with E-state index in [0.29, 0.717) is 6.54 Å². The quantitative estimate of drug-likeness (QED) is 0.822. The van der Waals surface area contributed by atoms with E-state index in [1.54, 1.807) is 19.5 Å². The predicted octanol–water partition coefficient (Wildman–Crippen LogP) is 3.15. The van der Waals surface area contributed by atoms with Crippen LogP contribution in [-0.2, 0) is 16.1 Å². The lowest BCUT2D eigenvalue weighted by molar-refractivity contribution is -0.128. The van der Waals surface area contributed by atoms with Crippen LogP contribution < -0.4 is 15.4 Å². The number of nitrogens with zero attached hydrogens (tertiary/aromatic N) is 1. The van der Waals surface area contributed by atoms with E-state index in [4.69, 9.17) is 4.74 Å². The normalized spacial score (nSPS) is 19.1. The summed E-state index contributed by atoms with van der Waals surface area (Å²) >= 11 is 0. The fraction of sp³-hybridized carbons (Fsp3) is 0.381. The average Bonchev–Trinajstić information content (AvgIpc) is 2.73. The maximum atomic E-state index is 12.5. The first kappa shape index (κ1) is 18.9. The zero-order chi connectivity index (χ0) is 19.1. The van der Waals surface area contributed by atoms with Gasteiger partial charge < -0.3 is 15.4 Å². The van der Waals surface area contributed by atoms with Crippen molar-refractivity contribution < 1.29 is 14.3 Å². The molecule has 1 fully saturated rings. The van der Waals surface area contributed by atoms with Gasteiger partial charge in [-0.2, -0.15) is 0 Å². The van der Waals surface area contributed by atoms with Gasteiger partial charge in [0, 0.05) is 36.5 Å². The lowest BCUT2D eigenvalue weighted by Crippen LogP contribution is -2.35. The first-order valence-electron chi connectivity index (χ1n) is 9.27. The van der Waals surface area contributed by atoms with Gasteiger partial charge in [-0.3, -0.25) is 14.6 Å². The zero-order valence-corrected chi connectivity index (χ0v) is 15.5. The summed E-state index contributed by atoms with van der Waals surface area (Å²) in [5.74, 6) is 0.772. The third kappa shape index (κ3) is 5.29. The molecule has 0 unspecified atom stereocenters. The van der Waals surface area contributed by atoms with Crippen LogP contribution in [0, 0.1) is 11.8 Å². The second-order valence-corrected chi connectivity index (χ2v) is 6.85. The molecule has 0 radical (unpaired) electrons. The molecule has 0 aliphatic heterocycles. The Kier molecular flexibility index (Phi) is 6.41. The molecule has 1 aromatic heterocycles. The number of nitrogens with one attached hydrogen (secondary N) is 2. The molecule has 1 aromatic carbocycles. The van der Waals surface area contributed by atoms with E-state index in [1.165, 1.54) is 0 Å². The van der Waals surface area contributed by atoms with E-state index in [0.717, 1.165) is 42.7 Å². The lowest BCUT2D eigenvalue weighted by atomic mass is 9.81. The summed E-state index contributed by atoms with van der Waals surface area (Å²) in [6, 6.07) is 11.1. The van der Waals surface area contributed by atoms with Crippen molar-refractivity contribution in [3.8, 4) is 5.75 Å². The van der Waals surface area contributed by atoms with Crippen LogP contribution in [0.5, 0.6) is 5.75 Å². The van der Waals surface area contributed by atoms with Gasteiger partial charge in [-0.1, -0.05) is 6.07 Å². The van der Waals surface area contributed by atoms with Gasteiger partial charge in [0.05, 0.1) is 7.11 Å². The maximum absolute atomic E-state index is 12.5. The molecular weight excluding hydrogens is 342 g/mol. The monoisotopic (exact) mass is 367 g/mol. The van der Waals surface area contributed by atoms with Crippen molar-refractivity contribution in [2.45, 2.75) is 32.2 Å². The van der Waals surface area contributed by atoms with E-state index in [9.17, 15) is 9.59 Å². The van der Waals surface area contributed by atoms with Crippen LogP contribution in [0.25, 0.3) is 0 Å². The molecule has 0 saturated heterocycles. The van der Waals surface area contributed by atoms with Crippen molar-refractivity contribution in [2.24, 2.45) is 11.8 Å². The molecule has 0 bridgehead atoms. The van der Waals surface area contributed by atoms with Gasteiger partial charge >= 0.3 is 0 Å². The van der Waals surface area contributed by atoms with Gasteiger partial charge in [0.25, 0.3) is 0 Å². The van der Waals surface area contributed by atoms with Crippen LogP contribution in [-0.4, -0.2) is 23.9 Å². The molecule has 1 heterocycles. The van der Waals surface area contributed by atoms with Crippen LogP contribution in [0.3, 0.4) is 0 Å². The first-order valence-corrected chi connectivity index (χ1v) is 9.27. The summed E-state index contributed by atoms with van der Waals surface area (Å²) in [6.45, 7) is 0.491. The van der Waals surface area contributed by atoms with Crippen LogP contribution in [0.1, 0.15) is 31.2 Å². The topological polar surface area (TPSA) is 80.3 Å². The number of hydrogen-bond donors (Lipinski definition) is 2. The molecule has 0 spiro atoms. The molecule has 1 saturated carbocycles. The molecule has 1 aliphatic rings. The van der Waals surface area contributed by atoms with E-state index in [1.807, 2.05) is 36.4 Å². The molecule has 142 valence electrons. The molecule has 6 heteroatoms. The summed E-state index contributed by atoms with van der Waals surface area (Å²) in [4.78, 5) is 28.9. The Morgan fingerprint density at radius 2 is 1.70 bits per heavy atom. The van der Waals surface area contributed by atoms with E-state index in [-0.39, 0.29) is 23.7 Å². The third-order valence-electron chi connectivity index (χ3n) is 5.02. The van der Waals surface area contributed by atoms with Crippen molar-refractivity contribution in [2.75, 3.05) is 12.4 Å². The van der Waals surface area contributed by atoms with Crippen LogP contribution in [0.4, 0.5) is 5.69 Å². The Bertz CT molecular complexity index is 754. The van der Waals surface area contributed by atoms with Gasteiger partial charge in [-0.25, -0.2) is 0 Å². The number of anilines is 1. The van der Waals surface area contributed by atoms with E-state index >= 15 is 0 Å². The minimum absolute atomic E-state index is 0.0216. The second kappa shape index (κ2) is 9.16. The summed E-state index contributed by atoms with van der Waals surface area (Å²) in [5.41, 5.74) is 1.75. The molecule has 2 aromatic rings. The molecule has 1 aliphatic carbocycles. The molecule has 2 amide bonds. The van der Waals surface area contributed by atoms with Crippen LogP contribution >= 0.6 is 0 Å². The molecule has 6 nitrogen and oxygen atoms in total. The highest BCUT2D eigenvalue weighted by Gasteiger charge is 2.29. The Hall–Kier alpha value is -2.89. The number of hydrogen-bond acceptors (Lipinski definition) is 4. The highest BCUT2D eigenvalue weighted by molar-refractivity contribution is 5.92. The minimum Gasteiger partial charge on any atom is -0.497 e. The Morgan fingerprint density at radius 3 is 2.30 bits per heavy atom. The van der Waals surface area contributed by atoms with Gasteiger partial charge in [0.1, 0.15) is 5.75 Å². The van der Waals surface area contributed by atoms with Crippen molar-refractivity contribution in [3.63, 3.8) is 0 Å². The van der Waals surface area contributed by atoms with Gasteiger partial charge in [-0.05, 0) is 61.6 Å². The van der Waals surface area contributed by atoms with Crippen molar-refractivity contribution >= 4 is 17.5 Å². The number of pyridine rings is 1. The molecular formula is C21H25N3O3. The smallest absolute Gasteiger partial charge is 0.227 e. The number of carbonyl (C=O) groups is 2. The number of benzene rings is 1. The second-order valence-electron chi connectivity index (χ2n) is 6.85. The Labute approximate surface area is 159 Å². The lowest BCUT2D eigenvalue weighted by Gasteiger charge is -2.27. The highest BCUT2D eigenvalue weighted by atomic mass is 16.5. The van der Waals surface area contributed by atoms with Gasteiger partial charge in [0.2, 0.25) is 11.8 Å². The van der Waals surface area contributed by atoms with Crippen molar-refractivity contribution in [1.82, 2.24) is 10.3 Å². The number of methoxy groups -OCH3 is 1. The average molecular weight is 367 g/mol. The van der Waals surface area contributed by atoms with Crippen molar-refractivity contribution in [3.05, 3.63) is 54.4 Å². The summed E-state index contributed by atoms with van der Waals surface area (Å²) in [6.07, 6.45) is 6.39. The number of rotatable bonds is 6. The summed E-state index contributed by atoms with van der Waals surface area (Å²) in [7, 11) is 1.61. The van der Waals surface area contributed by atoms with E-state index in [2.05, 4.69) is 15.6 Å². The van der Waals surface area contributed by atoms with E-state index < -0.39 is 0 Å².